The van der Waals surface area contributed by atoms with E-state index < -0.39 is 16.8 Å². The summed E-state index contributed by atoms with van der Waals surface area (Å²) in [6.07, 6.45) is 1.67. The number of benzene rings is 1. The second-order valence-electron chi connectivity index (χ2n) is 7.80. The van der Waals surface area contributed by atoms with Gasteiger partial charge in [0.2, 0.25) is 5.91 Å². The fourth-order valence-electron chi connectivity index (χ4n) is 4.33. The van der Waals surface area contributed by atoms with Crippen LogP contribution < -0.4 is 0 Å². The van der Waals surface area contributed by atoms with E-state index in [-0.39, 0.29) is 18.4 Å². The summed E-state index contributed by atoms with van der Waals surface area (Å²) in [5, 5.41) is 10.4. The van der Waals surface area contributed by atoms with E-state index in [2.05, 4.69) is 0 Å². The summed E-state index contributed by atoms with van der Waals surface area (Å²) >= 11 is 6.18. The molecule has 142 valence electrons. The molecule has 0 saturated carbocycles. The van der Waals surface area contributed by atoms with Gasteiger partial charge in [0.1, 0.15) is 0 Å². The number of hydrogen-bond donors (Lipinski definition) is 1. The van der Waals surface area contributed by atoms with Gasteiger partial charge in [-0.15, -0.1) is 0 Å². The van der Waals surface area contributed by atoms with Crippen molar-refractivity contribution in [2.45, 2.75) is 38.5 Å². The van der Waals surface area contributed by atoms with Crippen molar-refractivity contribution in [1.29, 1.82) is 0 Å². The lowest BCUT2D eigenvalue weighted by molar-refractivity contribution is -0.152. The van der Waals surface area contributed by atoms with E-state index in [0.717, 1.165) is 5.56 Å². The van der Waals surface area contributed by atoms with Crippen LogP contribution in [0.5, 0.6) is 0 Å². The average molecular weight is 380 g/mol. The lowest BCUT2D eigenvalue weighted by atomic mass is 9.72. The van der Waals surface area contributed by atoms with E-state index in [1.165, 1.54) is 0 Å². The third kappa shape index (κ3) is 3.12. The molecule has 0 aliphatic carbocycles. The molecule has 1 N–H and O–H groups in total. The van der Waals surface area contributed by atoms with E-state index in [1.54, 1.807) is 11.0 Å². The predicted octanol–water partition coefficient (Wildman–Crippen LogP) is 3.35. The van der Waals surface area contributed by atoms with Gasteiger partial charge in [0.15, 0.2) is 0 Å². The average Bonchev–Trinajstić information content (AvgIpc) is 3.08. The highest BCUT2D eigenvalue weighted by Crippen LogP contribution is 2.43. The quantitative estimate of drug-likeness (QED) is 0.871. The zero-order valence-corrected chi connectivity index (χ0v) is 16.1. The Hall–Kier alpha value is -1.59. The monoisotopic (exact) mass is 379 g/mol. The molecule has 1 amide bonds. The number of aliphatic carboxylic acids is 1. The fraction of sp³-hybridized carbons (Fsp3) is 0.600. The minimum Gasteiger partial charge on any atom is -0.481 e. The Morgan fingerprint density at radius 1 is 1.23 bits per heavy atom. The summed E-state index contributed by atoms with van der Waals surface area (Å²) in [5.74, 6) is -0.840. The molecule has 0 spiro atoms. The summed E-state index contributed by atoms with van der Waals surface area (Å²) in [7, 11) is 0. The van der Waals surface area contributed by atoms with Crippen LogP contribution >= 0.6 is 11.6 Å². The topological polar surface area (TPSA) is 66.8 Å². The number of amides is 1. The van der Waals surface area contributed by atoms with E-state index in [0.29, 0.717) is 44.0 Å². The maximum atomic E-state index is 13.6. The first kappa shape index (κ1) is 19.2. The molecule has 3 rings (SSSR count). The lowest BCUT2D eigenvalue weighted by Gasteiger charge is -2.39. The number of halogens is 1. The molecule has 5 nitrogen and oxygen atoms in total. The second-order valence-corrected chi connectivity index (χ2v) is 8.23. The van der Waals surface area contributed by atoms with Gasteiger partial charge in [-0.05, 0) is 42.9 Å². The standard InChI is InChI=1S/C20H26ClNO4/c1-14(2)20(18(24)25)6-9-22(13-20)17(23)19(7-10-26-11-8-19)15-4-3-5-16(21)12-15/h3-5,12,14H,6-11,13H2,1-2H3,(H,24,25). The fourth-order valence-corrected chi connectivity index (χ4v) is 4.52. The predicted molar refractivity (Wildman–Crippen MR) is 99.3 cm³/mol. The van der Waals surface area contributed by atoms with Crippen molar-refractivity contribution in [3.8, 4) is 0 Å². The number of carbonyl (C=O) groups is 2. The number of carboxylic acid groups (broad SMARTS) is 1. The molecule has 1 aromatic rings. The number of rotatable bonds is 4. The van der Waals surface area contributed by atoms with Gasteiger partial charge in [0, 0.05) is 31.3 Å². The minimum atomic E-state index is -0.865. The SMILES string of the molecule is CC(C)C1(C(=O)O)CCN(C(=O)C2(c3cccc(Cl)c3)CCOCC2)C1. The van der Waals surface area contributed by atoms with Crippen molar-refractivity contribution in [2.75, 3.05) is 26.3 Å². The Labute approximate surface area is 159 Å². The van der Waals surface area contributed by atoms with Gasteiger partial charge in [-0.3, -0.25) is 9.59 Å². The zero-order chi connectivity index (χ0) is 18.9. The first-order valence-corrected chi connectivity index (χ1v) is 9.56. The maximum Gasteiger partial charge on any atom is 0.311 e. The van der Waals surface area contributed by atoms with Crippen LogP contribution in [0.2, 0.25) is 5.02 Å². The molecule has 2 aliphatic heterocycles. The summed E-state index contributed by atoms with van der Waals surface area (Å²) in [6.45, 7) is 5.61. The Kier molecular flexibility index (Phi) is 5.31. The molecule has 2 saturated heterocycles. The van der Waals surface area contributed by atoms with Crippen LogP contribution in [0.3, 0.4) is 0 Å². The molecule has 1 aromatic carbocycles. The molecular weight excluding hydrogens is 354 g/mol. The number of carboxylic acids is 1. The Morgan fingerprint density at radius 2 is 1.92 bits per heavy atom. The third-order valence-corrected chi connectivity index (χ3v) is 6.49. The molecule has 6 heteroatoms. The van der Waals surface area contributed by atoms with Crippen molar-refractivity contribution in [3.05, 3.63) is 34.9 Å². The molecule has 1 atom stereocenters. The Balaban J connectivity index is 1.94. The van der Waals surface area contributed by atoms with E-state index >= 15 is 0 Å². The molecule has 2 aliphatic rings. The van der Waals surface area contributed by atoms with Crippen LogP contribution in [0.15, 0.2) is 24.3 Å². The largest absolute Gasteiger partial charge is 0.481 e. The van der Waals surface area contributed by atoms with Crippen molar-refractivity contribution in [1.82, 2.24) is 4.90 Å². The highest BCUT2D eigenvalue weighted by Gasteiger charge is 2.52. The highest BCUT2D eigenvalue weighted by molar-refractivity contribution is 6.30. The first-order valence-electron chi connectivity index (χ1n) is 9.18. The molecule has 2 heterocycles. The first-order chi connectivity index (χ1) is 12.3. The Bertz CT molecular complexity index is 699. The van der Waals surface area contributed by atoms with Crippen LogP contribution in [0.4, 0.5) is 0 Å². The van der Waals surface area contributed by atoms with Crippen LogP contribution in [-0.4, -0.2) is 48.2 Å². The van der Waals surface area contributed by atoms with E-state index in [9.17, 15) is 14.7 Å². The number of likely N-dealkylation sites (tertiary alicyclic amines) is 1. The van der Waals surface area contributed by atoms with Gasteiger partial charge in [0.05, 0.1) is 10.8 Å². The molecule has 2 fully saturated rings. The molecule has 0 radical (unpaired) electrons. The number of carbonyl (C=O) groups excluding carboxylic acids is 1. The summed E-state index contributed by atoms with van der Waals surface area (Å²) in [5.41, 5.74) is -0.652. The van der Waals surface area contributed by atoms with Gasteiger partial charge in [-0.2, -0.15) is 0 Å². The number of hydrogen-bond acceptors (Lipinski definition) is 3. The highest BCUT2D eigenvalue weighted by atomic mass is 35.5. The molecule has 1 unspecified atom stereocenters. The maximum absolute atomic E-state index is 13.6. The van der Waals surface area contributed by atoms with Crippen LogP contribution in [0.25, 0.3) is 0 Å². The van der Waals surface area contributed by atoms with Gasteiger partial charge < -0.3 is 14.7 Å². The minimum absolute atomic E-state index is 0.00633. The second kappa shape index (κ2) is 7.20. The third-order valence-electron chi connectivity index (χ3n) is 6.25. The summed E-state index contributed by atoms with van der Waals surface area (Å²) in [6, 6.07) is 7.46. The van der Waals surface area contributed by atoms with Crippen LogP contribution in [-0.2, 0) is 19.7 Å². The number of ether oxygens (including phenoxy) is 1. The van der Waals surface area contributed by atoms with Crippen LogP contribution in [0.1, 0.15) is 38.7 Å². The van der Waals surface area contributed by atoms with Gasteiger partial charge in [-0.25, -0.2) is 0 Å². The molecular formula is C20H26ClNO4. The summed E-state index contributed by atoms with van der Waals surface area (Å²) in [4.78, 5) is 27.3. The normalized spacial score (nSPS) is 25.5. The van der Waals surface area contributed by atoms with Gasteiger partial charge in [0.25, 0.3) is 0 Å². The molecule has 0 aromatic heterocycles. The lowest BCUT2D eigenvalue weighted by Crippen LogP contribution is -2.50. The van der Waals surface area contributed by atoms with Crippen molar-refractivity contribution >= 4 is 23.5 Å². The Morgan fingerprint density at radius 3 is 2.46 bits per heavy atom. The number of nitrogens with zero attached hydrogens (tertiary/aromatic N) is 1. The van der Waals surface area contributed by atoms with E-state index in [4.69, 9.17) is 16.3 Å². The molecule has 0 bridgehead atoms. The van der Waals surface area contributed by atoms with Crippen molar-refractivity contribution in [3.63, 3.8) is 0 Å². The van der Waals surface area contributed by atoms with Crippen molar-refractivity contribution in [2.24, 2.45) is 11.3 Å². The van der Waals surface area contributed by atoms with Gasteiger partial charge in [-0.1, -0.05) is 37.6 Å². The van der Waals surface area contributed by atoms with Crippen LogP contribution in [0, 0.1) is 11.3 Å². The van der Waals surface area contributed by atoms with E-state index in [1.807, 2.05) is 32.0 Å². The zero-order valence-electron chi connectivity index (χ0n) is 15.3. The van der Waals surface area contributed by atoms with Crippen molar-refractivity contribution < 1.29 is 19.4 Å². The summed E-state index contributed by atoms with van der Waals surface area (Å²) < 4.78 is 5.51. The van der Waals surface area contributed by atoms with Gasteiger partial charge >= 0.3 is 5.97 Å². The smallest absolute Gasteiger partial charge is 0.311 e. The molecule has 26 heavy (non-hydrogen) atoms.